The lowest BCUT2D eigenvalue weighted by Gasteiger charge is -2.11. The summed E-state index contributed by atoms with van der Waals surface area (Å²) in [6, 6.07) is 10.4. The summed E-state index contributed by atoms with van der Waals surface area (Å²) in [6.45, 7) is 3.79. The van der Waals surface area contributed by atoms with Gasteiger partial charge in [0.2, 0.25) is 5.82 Å². The molecule has 0 bridgehead atoms. The van der Waals surface area contributed by atoms with Gasteiger partial charge in [-0.2, -0.15) is 4.98 Å². The molecule has 0 unspecified atom stereocenters. The fraction of sp³-hybridized carbons (Fsp3) is 0.188. The van der Waals surface area contributed by atoms with Gasteiger partial charge in [0.05, 0.1) is 6.10 Å². The summed E-state index contributed by atoms with van der Waals surface area (Å²) in [6.07, 6.45) is 1.64. The van der Waals surface area contributed by atoms with Crippen LogP contribution in [0.5, 0.6) is 11.5 Å². The quantitative estimate of drug-likeness (QED) is 0.795. The molecule has 0 saturated heterocycles. The van der Waals surface area contributed by atoms with Gasteiger partial charge in [0.15, 0.2) is 11.5 Å². The molecule has 0 saturated carbocycles. The van der Waals surface area contributed by atoms with E-state index < -0.39 is 0 Å². The Hall–Kier alpha value is -2.89. The molecule has 0 amide bonds. The number of nitrogens with zero attached hydrogens (tertiary/aromatic N) is 3. The van der Waals surface area contributed by atoms with Crippen molar-refractivity contribution < 1.29 is 14.4 Å². The summed E-state index contributed by atoms with van der Waals surface area (Å²) >= 11 is 0. The van der Waals surface area contributed by atoms with E-state index in [0.29, 0.717) is 28.7 Å². The van der Waals surface area contributed by atoms with Crippen molar-refractivity contribution in [3.63, 3.8) is 0 Å². The van der Waals surface area contributed by atoms with Gasteiger partial charge in [0.1, 0.15) is 5.69 Å². The molecular weight excluding hydrogens is 282 g/mol. The van der Waals surface area contributed by atoms with Gasteiger partial charge in [-0.1, -0.05) is 11.2 Å². The number of benzene rings is 1. The van der Waals surface area contributed by atoms with Gasteiger partial charge in [0.25, 0.3) is 5.89 Å². The molecule has 112 valence electrons. The van der Waals surface area contributed by atoms with E-state index in [1.807, 2.05) is 26.0 Å². The summed E-state index contributed by atoms with van der Waals surface area (Å²) < 4.78 is 10.7. The molecular formula is C16H15N3O3. The van der Waals surface area contributed by atoms with Crippen molar-refractivity contribution in [3.8, 4) is 34.5 Å². The van der Waals surface area contributed by atoms with Crippen LogP contribution in [0.25, 0.3) is 23.0 Å². The van der Waals surface area contributed by atoms with Crippen LogP contribution in [0.2, 0.25) is 0 Å². The Morgan fingerprint density at radius 2 is 2.05 bits per heavy atom. The zero-order valence-corrected chi connectivity index (χ0v) is 12.2. The number of aromatic hydroxyl groups is 1. The fourth-order valence-corrected chi connectivity index (χ4v) is 1.94. The SMILES string of the molecule is CC(C)Oc1ccc(-c2noc(-c3ccccn3)n2)cc1O. The molecule has 3 aromatic rings. The average Bonchev–Trinajstić information content (AvgIpc) is 3.00. The second-order valence-electron chi connectivity index (χ2n) is 4.99. The largest absolute Gasteiger partial charge is 0.504 e. The highest BCUT2D eigenvalue weighted by Crippen LogP contribution is 2.31. The molecule has 0 fully saturated rings. The normalized spacial score (nSPS) is 10.9. The van der Waals surface area contributed by atoms with Crippen molar-refractivity contribution >= 4 is 0 Å². The lowest BCUT2D eigenvalue weighted by atomic mass is 10.2. The lowest BCUT2D eigenvalue weighted by molar-refractivity contribution is 0.232. The molecule has 0 radical (unpaired) electrons. The van der Waals surface area contributed by atoms with Gasteiger partial charge in [-0.15, -0.1) is 0 Å². The molecule has 6 heteroatoms. The van der Waals surface area contributed by atoms with Gasteiger partial charge >= 0.3 is 0 Å². The Balaban J connectivity index is 1.89. The van der Waals surface area contributed by atoms with Crippen molar-refractivity contribution in [2.24, 2.45) is 0 Å². The van der Waals surface area contributed by atoms with Crippen LogP contribution >= 0.6 is 0 Å². The molecule has 0 aliphatic carbocycles. The number of hydrogen-bond acceptors (Lipinski definition) is 6. The van der Waals surface area contributed by atoms with Crippen LogP contribution in [-0.2, 0) is 0 Å². The minimum atomic E-state index is -0.0160. The van der Waals surface area contributed by atoms with Gasteiger partial charge in [-0.3, -0.25) is 4.98 Å². The number of pyridine rings is 1. The number of rotatable bonds is 4. The average molecular weight is 297 g/mol. The molecule has 0 spiro atoms. The second kappa shape index (κ2) is 5.85. The molecule has 1 N–H and O–H groups in total. The molecule has 2 heterocycles. The lowest BCUT2D eigenvalue weighted by Crippen LogP contribution is -2.05. The van der Waals surface area contributed by atoms with Crippen LogP contribution in [0.1, 0.15) is 13.8 Å². The van der Waals surface area contributed by atoms with Gasteiger partial charge in [-0.05, 0) is 44.2 Å². The summed E-state index contributed by atoms with van der Waals surface area (Å²) in [5, 5.41) is 13.9. The van der Waals surface area contributed by atoms with Crippen LogP contribution in [0.3, 0.4) is 0 Å². The van der Waals surface area contributed by atoms with E-state index in [-0.39, 0.29) is 11.9 Å². The van der Waals surface area contributed by atoms with E-state index in [4.69, 9.17) is 9.26 Å². The summed E-state index contributed by atoms with van der Waals surface area (Å²) in [4.78, 5) is 8.44. The van der Waals surface area contributed by atoms with E-state index in [0.717, 1.165) is 0 Å². The third-order valence-electron chi connectivity index (χ3n) is 2.89. The first kappa shape index (κ1) is 14.1. The molecule has 6 nitrogen and oxygen atoms in total. The van der Waals surface area contributed by atoms with Gasteiger partial charge < -0.3 is 14.4 Å². The molecule has 0 atom stereocenters. The highest BCUT2D eigenvalue weighted by molar-refractivity contribution is 5.62. The van der Waals surface area contributed by atoms with E-state index in [9.17, 15) is 5.11 Å². The van der Waals surface area contributed by atoms with Crippen LogP contribution in [0.4, 0.5) is 0 Å². The van der Waals surface area contributed by atoms with Crippen molar-refractivity contribution in [3.05, 3.63) is 42.6 Å². The Morgan fingerprint density at radius 3 is 2.73 bits per heavy atom. The smallest absolute Gasteiger partial charge is 0.276 e. The molecule has 1 aromatic carbocycles. The van der Waals surface area contributed by atoms with Crippen molar-refractivity contribution in [2.75, 3.05) is 0 Å². The number of hydrogen-bond donors (Lipinski definition) is 1. The maximum Gasteiger partial charge on any atom is 0.276 e. The molecule has 0 aliphatic heterocycles. The van der Waals surface area contributed by atoms with Crippen molar-refractivity contribution in [2.45, 2.75) is 20.0 Å². The Kier molecular flexibility index (Phi) is 3.74. The molecule has 3 rings (SSSR count). The zero-order chi connectivity index (χ0) is 15.5. The topological polar surface area (TPSA) is 81.3 Å². The summed E-state index contributed by atoms with van der Waals surface area (Å²) in [7, 11) is 0. The highest BCUT2D eigenvalue weighted by atomic mass is 16.5. The third kappa shape index (κ3) is 2.90. The number of phenolic OH excluding ortho intramolecular Hbond substituents is 1. The van der Waals surface area contributed by atoms with Crippen molar-refractivity contribution in [1.29, 1.82) is 0 Å². The first-order valence-corrected chi connectivity index (χ1v) is 6.88. The van der Waals surface area contributed by atoms with Crippen LogP contribution < -0.4 is 4.74 Å². The molecule has 22 heavy (non-hydrogen) atoms. The minimum absolute atomic E-state index is 0.0160. The van der Waals surface area contributed by atoms with Crippen LogP contribution in [-0.4, -0.2) is 26.3 Å². The number of aromatic nitrogens is 3. The highest BCUT2D eigenvalue weighted by Gasteiger charge is 2.13. The minimum Gasteiger partial charge on any atom is -0.504 e. The fourth-order valence-electron chi connectivity index (χ4n) is 1.94. The van der Waals surface area contributed by atoms with E-state index in [1.165, 1.54) is 0 Å². The standard InChI is InChI=1S/C16H15N3O3/c1-10(2)21-14-7-6-11(9-13(14)20)15-18-16(22-19-15)12-5-3-4-8-17-12/h3-10,20H,1-2H3. The van der Waals surface area contributed by atoms with Gasteiger partial charge in [0, 0.05) is 11.8 Å². The predicted molar refractivity (Wildman–Crippen MR) is 80.4 cm³/mol. The Bertz CT molecular complexity index is 769. The second-order valence-corrected chi connectivity index (χ2v) is 4.99. The van der Waals surface area contributed by atoms with Crippen molar-refractivity contribution in [1.82, 2.24) is 15.1 Å². The third-order valence-corrected chi connectivity index (χ3v) is 2.89. The first-order valence-electron chi connectivity index (χ1n) is 6.88. The van der Waals surface area contributed by atoms with Crippen LogP contribution in [0.15, 0.2) is 47.1 Å². The van der Waals surface area contributed by atoms with Gasteiger partial charge in [-0.25, -0.2) is 0 Å². The van der Waals surface area contributed by atoms with E-state index in [2.05, 4.69) is 15.1 Å². The first-order chi connectivity index (χ1) is 10.6. The summed E-state index contributed by atoms with van der Waals surface area (Å²) in [5.74, 6) is 1.17. The maximum atomic E-state index is 10.0. The predicted octanol–water partition coefficient (Wildman–Crippen LogP) is 3.29. The van der Waals surface area contributed by atoms with E-state index >= 15 is 0 Å². The monoisotopic (exact) mass is 297 g/mol. The number of phenols is 1. The van der Waals surface area contributed by atoms with Crippen LogP contribution in [0, 0.1) is 0 Å². The molecule has 2 aromatic heterocycles. The maximum absolute atomic E-state index is 10.0. The molecule has 0 aliphatic rings. The number of ether oxygens (including phenoxy) is 1. The Labute approximate surface area is 127 Å². The summed E-state index contributed by atoms with van der Waals surface area (Å²) in [5.41, 5.74) is 1.24. The Morgan fingerprint density at radius 1 is 1.18 bits per heavy atom. The van der Waals surface area contributed by atoms with E-state index in [1.54, 1.807) is 30.5 Å². The zero-order valence-electron chi connectivity index (χ0n) is 12.2.